The van der Waals surface area contributed by atoms with E-state index in [-0.39, 0.29) is 5.88 Å². The molecular weight excluding hydrogens is 150 g/mol. The first-order valence-electron chi connectivity index (χ1n) is 3.01. The zero-order valence-electron chi connectivity index (χ0n) is 6.19. The predicted octanol–water partition coefficient (Wildman–Crippen LogP) is 0.327. The van der Waals surface area contributed by atoms with E-state index in [0.29, 0.717) is 0 Å². The highest BCUT2D eigenvalue weighted by Gasteiger charge is 2.04. The number of rotatable bonds is 1. The van der Waals surface area contributed by atoms with E-state index in [4.69, 9.17) is 22.4 Å². The van der Waals surface area contributed by atoms with Crippen LogP contribution in [-0.4, -0.2) is 22.6 Å². The maximum Gasteiger partial charge on any atom is 0.128 e. The van der Waals surface area contributed by atoms with Crippen LogP contribution in [0.25, 0.3) is 0 Å². The number of aliphatic hydroxyl groups is 1. The van der Waals surface area contributed by atoms with E-state index >= 15 is 0 Å². The second-order valence-corrected chi connectivity index (χ2v) is 2.97. The lowest BCUT2D eigenvalue weighted by molar-refractivity contribution is 0.256. The van der Waals surface area contributed by atoms with Crippen LogP contribution in [0.2, 0.25) is 0 Å². The minimum atomic E-state index is -0.760. The number of hydrogen-bond donors (Lipinski definition) is 2. The average molecular weight is 162 g/mol. The Labute approximate surface area is 66.4 Å². The Morgan fingerprint density at radius 3 is 2.50 bits per heavy atom. The molecule has 1 atom stereocenters. The van der Waals surface area contributed by atoms with Gasteiger partial charge in [0.1, 0.15) is 6.10 Å². The van der Waals surface area contributed by atoms with E-state index in [2.05, 4.69) is 11.8 Å². The standard InChI is InChI=1S/C7H12ClNO/c1-7(2,9)4-3-6(10)5-8/h6,10H,5,9H2,1-2H3. The van der Waals surface area contributed by atoms with Gasteiger partial charge in [-0.1, -0.05) is 11.8 Å². The Morgan fingerprint density at radius 2 is 2.20 bits per heavy atom. The van der Waals surface area contributed by atoms with Crippen LogP contribution in [0.1, 0.15) is 13.8 Å². The molecule has 0 aliphatic carbocycles. The monoisotopic (exact) mass is 161 g/mol. The Hall–Kier alpha value is -0.230. The number of hydrogen-bond acceptors (Lipinski definition) is 2. The molecule has 0 amide bonds. The van der Waals surface area contributed by atoms with Crippen molar-refractivity contribution < 1.29 is 5.11 Å². The van der Waals surface area contributed by atoms with Crippen LogP contribution >= 0.6 is 11.6 Å². The van der Waals surface area contributed by atoms with E-state index in [9.17, 15) is 0 Å². The summed E-state index contributed by atoms with van der Waals surface area (Å²) in [6, 6.07) is 0. The van der Waals surface area contributed by atoms with Crippen molar-refractivity contribution in [3.8, 4) is 11.8 Å². The lowest BCUT2D eigenvalue weighted by atomic mass is 10.1. The van der Waals surface area contributed by atoms with Gasteiger partial charge in [-0.25, -0.2) is 0 Å². The highest BCUT2D eigenvalue weighted by Crippen LogP contribution is 1.93. The van der Waals surface area contributed by atoms with Gasteiger partial charge >= 0.3 is 0 Å². The van der Waals surface area contributed by atoms with Crippen molar-refractivity contribution in [3.05, 3.63) is 0 Å². The predicted molar refractivity (Wildman–Crippen MR) is 42.8 cm³/mol. The summed E-state index contributed by atoms with van der Waals surface area (Å²) in [6.45, 7) is 3.53. The fourth-order valence-electron chi connectivity index (χ4n) is 0.308. The second-order valence-electron chi connectivity index (χ2n) is 2.66. The summed E-state index contributed by atoms with van der Waals surface area (Å²) in [4.78, 5) is 0. The van der Waals surface area contributed by atoms with Crippen LogP contribution in [0.5, 0.6) is 0 Å². The number of aliphatic hydroxyl groups excluding tert-OH is 1. The van der Waals surface area contributed by atoms with Crippen LogP contribution in [0.3, 0.4) is 0 Å². The van der Waals surface area contributed by atoms with Gasteiger partial charge in [-0.05, 0) is 13.8 Å². The second kappa shape index (κ2) is 3.82. The summed E-state index contributed by atoms with van der Waals surface area (Å²) in [5.41, 5.74) is 4.96. The van der Waals surface area contributed by atoms with Crippen LogP contribution < -0.4 is 5.73 Å². The molecule has 0 aromatic carbocycles. The average Bonchev–Trinajstić information content (AvgIpc) is 1.81. The third kappa shape index (κ3) is 5.90. The lowest BCUT2D eigenvalue weighted by Crippen LogP contribution is -2.29. The fraction of sp³-hybridized carbons (Fsp3) is 0.714. The highest BCUT2D eigenvalue weighted by molar-refractivity contribution is 6.18. The lowest BCUT2D eigenvalue weighted by Gasteiger charge is -2.07. The van der Waals surface area contributed by atoms with Crippen molar-refractivity contribution >= 4 is 11.6 Å². The Balaban J connectivity index is 3.91. The molecule has 0 aliphatic rings. The van der Waals surface area contributed by atoms with Gasteiger partial charge in [-0.2, -0.15) is 0 Å². The third-order valence-electron chi connectivity index (χ3n) is 0.707. The molecule has 0 heterocycles. The van der Waals surface area contributed by atoms with Crippen molar-refractivity contribution in [1.29, 1.82) is 0 Å². The van der Waals surface area contributed by atoms with Crippen LogP contribution in [0, 0.1) is 11.8 Å². The molecule has 0 fully saturated rings. The Morgan fingerprint density at radius 1 is 1.70 bits per heavy atom. The quantitative estimate of drug-likeness (QED) is 0.430. The molecule has 10 heavy (non-hydrogen) atoms. The molecule has 0 aromatic rings. The van der Waals surface area contributed by atoms with E-state index in [1.165, 1.54) is 0 Å². The largest absolute Gasteiger partial charge is 0.379 e. The summed E-state index contributed by atoms with van der Waals surface area (Å²) in [5.74, 6) is 5.31. The van der Waals surface area contributed by atoms with Gasteiger partial charge in [0, 0.05) is 0 Å². The number of alkyl halides is 1. The molecule has 2 nitrogen and oxygen atoms in total. The molecule has 1 unspecified atom stereocenters. The smallest absolute Gasteiger partial charge is 0.128 e. The minimum absolute atomic E-state index is 0.128. The maximum atomic E-state index is 8.86. The summed E-state index contributed by atoms with van der Waals surface area (Å²) in [7, 11) is 0. The van der Waals surface area contributed by atoms with Gasteiger partial charge in [0.15, 0.2) is 0 Å². The molecule has 0 bridgehead atoms. The zero-order chi connectivity index (χ0) is 8.20. The maximum absolute atomic E-state index is 8.86. The molecule has 0 aromatic heterocycles. The van der Waals surface area contributed by atoms with Gasteiger partial charge in [0.05, 0.1) is 11.4 Å². The Kier molecular flexibility index (Phi) is 3.73. The summed E-state index contributed by atoms with van der Waals surface area (Å²) in [5, 5.41) is 8.86. The molecule has 0 aliphatic heterocycles. The SMILES string of the molecule is CC(C)(N)C#CC(O)CCl. The highest BCUT2D eigenvalue weighted by atomic mass is 35.5. The van der Waals surface area contributed by atoms with Gasteiger partial charge in [0.25, 0.3) is 0 Å². The topological polar surface area (TPSA) is 46.2 Å². The molecular formula is C7H12ClNO. The fourth-order valence-corrected chi connectivity index (χ4v) is 0.385. The molecule has 0 radical (unpaired) electrons. The van der Waals surface area contributed by atoms with Crippen molar-refractivity contribution in [1.82, 2.24) is 0 Å². The van der Waals surface area contributed by atoms with E-state index in [0.717, 1.165) is 0 Å². The van der Waals surface area contributed by atoms with Crippen LogP contribution in [-0.2, 0) is 0 Å². The number of halogens is 1. The first-order valence-corrected chi connectivity index (χ1v) is 3.55. The molecule has 0 rings (SSSR count). The molecule has 3 heteroatoms. The molecule has 58 valence electrons. The van der Waals surface area contributed by atoms with Crippen molar-refractivity contribution in [2.45, 2.75) is 25.5 Å². The molecule has 3 N–H and O–H groups in total. The van der Waals surface area contributed by atoms with E-state index < -0.39 is 11.6 Å². The minimum Gasteiger partial charge on any atom is -0.379 e. The first kappa shape index (κ1) is 9.77. The normalized spacial score (nSPS) is 13.7. The van der Waals surface area contributed by atoms with Crippen molar-refractivity contribution in [3.63, 3.8) is 0 Å². The molecule has 0 saturated carbocycles. The summed E-state index contributed by atoms with van der Waals surface area (Å²) < 4.78 is 0. The van der Waals surface area contributed by atoms with Crippen LogP contribution in [0.15, 0.2) is 0 Å². The van der Waals surface area contributed by atoms with E-state index in [1.807, 2.05) is 0 Å². The first-order chi connectivity index (χ1) is 4.45. The summed E-state index contributed by atoms with van der Waals surface area (Å²) in [6.07, 6.45) is -0.760. The number of nitrogens with two attached hydrogens (primary N) is 1. The van der Waals surface area contributed by atoms with Crippen molar-refractivity contribution in [2.75, 3.05) is 5.88 Å². The Bertz CT molecular complexity index is 151. The summed E-state index contributed by atoms with van der Waals surface area (Å²) >= 11 is 5.29. The van der Waals surface area contributed by atoms with Gasteiger partial charge in [0.2, 0.25) is 0 Å². The third-order valence-corrected chi connectivity index (χ3v) is 0.999. The van der Waals surface area contributed by atoms with Gasteiger partial charge in [-0.15, -0.1) is 11.6 Å². The molecule has 0 spiro atoms. The zero-order valence-corrected chi connectivity index (χ0v) is 6.94. The van der Waals surface area contributed by atoms with Gasteiger partial charge < -0.3 is 10.8 Å². The molecule has 0 saturated heterocycles. The van der Waals surface area contributed by atoms with Crippen molar-refractivity contribution in [2.24, 2.45) is 5.73 Å². The van der Waals surface area contributed by atoms with Gasteiger partial charge in [-0.3, -0.25) is 0 Å². The van der Waals surface area contributed by atoms with E-state index in [1.54, 1.807) is 13.8 Å². The van der Waals surface area contributed by atoms with Crippen LogP contribution in [0.4, 0.5) is 0 Å².